The summed E-state index contributed by atoms with van der Waals surface area (Å²) in [7, 11) is 0. The predicted octanol–water partition coefficient (Wildman–Crippen LogP) is 11.0. The number of rotatable bonds is 40. The average molecular weight is 861 g/mol. The number of ether oxygens (including phenoxy) is 4. The van der Waals surface area contributed by atoms with Crippen LogP contribution in [-0.2, 0) is 28.5 Å². The molecule has 1 rings (SSSR count). The molecule has 1 saturated heterocycles. The predicted molar refractivity (Wildman–Crippen MR) is 247 cm³/mol. The summed E-state index contributed by atoms with van der Waals surface area (Å²) in [6.45, 7) is 3.32. The second-order valence-corrected chi connectivity index (χ2v) is 16.6. The van der Waals surface area contributed by atoms with Crippen molar-refractivity contribution in [3.63, 3.8) is 0 Å². The third kappa shape index (κ3) is 32.7. The van der Waals surface area contributed by atoms with Gasteiger partial charge in [0.15, 0.2) is 12.4 Å². The summed E-state index contributed by atoms with van der Waals surface area (Å²) in [5.41, 5.74) is 0. The first-order valence-electron chi connectivity index (χ1n) is 24.4. The Balaban J connectivity index is 2.32. The Morgan fingerprint density at radius 3 is 1.48 bits per heavy atom. The lowest BCUT2D eigenvalue weighted by molar-refractivity contribution is -0.305. The lowest BCUT2D eigenvalue weighted by Crippen LogP contribution is -2.59. The van der Waals surface area contributed by atoms with E-state index in [4.69, 9.17) is 18.9 Å². The minimum Gasteiger partial charge on any atom is -0.462 e. The number of allylic oxidation sites excluding steroid dienone is 10. The second kappa shape index (κ2) is 41.4. The zero-order valence-corrected chi connectivity index (χ0v) is 38.4. The maximum Gasteiger partial charge on any atom is 0.306 e. The lowest BCUT2D eigenvalue weighted by Gasteiger charge is -2.39. The van der Waals surface area contributed by atoms with Crippen LogP contribution in [0.25, 0.3) is 0 Å². The molecular formula is C51H88O10. The van der Waals surface area contributed by atoms with Crippen LogP contribution in [0.2, 0.25) is 0 Å². The van der Waals surface area contributed by atoms with Crippen molar-refractivity contribution >= 4 is 11.9 Å². The molecule has 0 spiro atoms. The van der Waals surface area contributed by atoms with Crippen molar-refractivity contribution in [2.24, 2.45) is 0 Å². The molecule has 61 heavy (non-hydrogen) atoms. The monoisotopic (exact) mass is 861 g/mol. The summed E-state index contributed by atoms with van der Waals surface area (Å²) in [5, 5.41) is 40.1. The highest BCUT2D eigenvalue weighted by Gasteiger charge is 2.44. The largest absolute Gasteiger partial charge is 0.462 e. The maximum atomic E-state index is 12.8. The SMILES string of the molecule is CCC/C=C/C/C=C/C/C=C/C/C=C/CCCCCC(=O)OC[C@H](CO[C@@H]1O[C@H](CO)[C@H](O)C(O)C1O)OC(=O)CCCCCCCCCCC/C=C/CCCCCCCC. The Bertz CT molecular complexity index is 1180. The zero-order valence-electron chi connectivity index (χ0n) is 38.4. The van der Waals surface area contributed by atoms with Crippen molar-refractivity contribution in [3.05, 3.63) is 60.8 Å². The molecule has 2 unspecified atom stereocenters. The molecule has 1 fully saturated rings. The number of esters is 2. The molecule has 0 aliphatic carbocycles. The minimum atomic E-state index is -1.60. The number of hydrogen-bond acceptors (Lipinski definition) is 10. The van der Waals surface area contributed by atoms with E-state index in [0.717, 1.165) is 64.2 Å². The van der Waals surface area contributed by atoms with Gasteiger partial charge in [-0.25, -0.2) is 0 Å². The molecule has 0 radical (unpaired) electrons. The molecule has 4 N–H and O–H groups in total. The van der Waals surface area contributed by atoms with Gasteiger partial charge in [0.2, 0.25) is 0 Å². The van der Waals surface area contributed by atoms with Crippen molar-refractivity contribution in [2.45, 2.75) is 230 Å². The molecule has 0 bridgehead atoms. The number of aliphatic hydroxyl groups is 4. The first-order valence-corrected chi connectivity index (χ1v) is 24.4. The minimum absolute atomic E-state index is 0.218. The fourth-order valence-electron chi connectivity index (χ4n) is 7.00. The molecule has 6 atom stereocenters. The standard InChI is InChI=1S/C51H88O10/c1-3-5-7-9-11-13-15-17-19-21-22-24-26-28-30-32-34-36-38-40-47(54)60-44(43-59-51-50(57)49(56)48(55)45(41-52)61-51)42-58-46(53)39-37-35-33-31-29-27-25-23-20-18-16-14-12-10-8-6-4-2/h8,10,14,16-17,19-20,23,27,29,44-45,48-52,55-57H,3-7,9,11-13,15,18,21-22,24-26,28,30-43H2,1-2H3/b10-8+,16-14+,19-17+,23-20+,29-27+/t44-,45-,48+,49?,50?,51-/m1/s1. The third-order valence-corrected chi connectivity index (χ3v) is 10.9. The smallest absolute Gasteiger partial charge is 0.306 e. The second-order valence-electron chi connectivity index (χ2n) is 16.6. The van der Waals surface area contributed by atoms with Crippen LogP contribution in [0.5, 0.6) is 0 Å². The van der Waals surface area contributed by atoms with Gasteiger partial charge >= 0.3 is 11.9 Å². The van der Waals surface area contributed by atoms with Crippen molar-refractivity contribution < 1.29 is 49.0 Å². The fourth-order valence-corrected chi connectivity index (χ4v) is 7.00. The van der Waals surface area contributed by atoms with E-state index in [1.165, 1.54) is 89.9 Å². The van der Waals surface area contributed by atoms with E-state index < -0.39 is 55.4 Å². The van der Waals surface area contributed by atoms with Crippen LogP contribution < -0.4 is 0 Å². The van der Waals surface area contributed by atoms with Gasteiger partial charge in [-0.3, -0.25) is 9.59 Å². The Kier molecular flexibility index (Phi) is 38.3. The summed E-state index contributed by atoms with van der Waals surface area (Å²) in [6.07, 6.45) is 43.6. The van der Waals surface area contributed by atoms with E-state index in [0.29, 0.717) is 12.8 Å². The van der Waals surface area contributed by atoms with E-state index in [1.54, 1.807) is 0 Å². The highest BCUT2D eigenvalue weighted by Crippen LogP contribution is 2.23. The molecule has 1 aliphatic rings. The summed E-state index contributed by atoms with van der Waals surface area (Å²) in [5.74, 6) is -0.845. The highest BCUT2D eigenvalue weighted by molar-refractivity contribution is 5.70. The molecule has 10 nitrogen and oxygen atoms in total. The summed E-state index contributed by atoms with van der Waals surface area (Å²) < 4.78 is 22.2. The van der Waals surface area contributed by atoms with Crippen LogP contribution in [0.4, 0.5) is 0 Å². The van der Waals surface area contributed by atoms with Gasteiger partial charge in [0.1, 0.15) is 31.0 Å². The Morgan fingerprint density at radius 1 is 0.508 bits per heavy atom. The Labute approximate surface area is 370 Å². The lowest BCUT2D eigenvalue weighted by atomic mass is 9.99. The zero-order chi connectivity index (χ0) is 44.4. The molecule has 10 heteroatoms. The summed E-state index contributed by atoms with van der Waals surface area (Å²) in [4.78, 5) is 25.4. The molecule has 0 aromatic rings. The maximum absolute atomic E-state index is 12.8. The third-order valence-electron chi connectivity index (χ3n) is 10.9. The summed E-state index contributed by atoms with van der Waals surface area (Å²) >= 11 is 0. The van der Waals surface area contributed by atoms with Crippen LogP contribution in [-0.4, -0.2) is 89.0 Å². The Morgan fingerprint density at radius 2 is 0.951 bits per heavy atom. The van der Waals surface area contributed by atoms with E-state index >= 15 is 0 Å². The average Bonchev–Trinajstić information content (AvgIpc) is 3.26. The summed E-state index contributed by atoms with van der Waals surface area (Å²) in [6, 6.07) is 0. The number of unbranched alkanes of at least 4 members (excludes halogenated alkanes) is 19. The van der Waals surface area contributed by atoms with Crippen molar-refractivity contribution in [1.82, 2.24) is 0 Å². The van der Waals surface area contributed by atoms with Crippen molar-refractivity contribution in [2.75, 3.05) is 19.8 Å². The van der Waals surface area contributed by atoms with Gasteiger partial charge in [-0.2, -0.15) is 0 Å². The topological polar surface area (TPSA) is 152 Å². The number of aliphatic hydroxyl groups excluding tert-OH is 4. The van der Waals surface area contributed by atoms with Gasteiger partial charge in [-0.05, 0) is 77.0 Å². The molecule has 0 aromatic carbocycles. The molecule has 1 heterocycles. The van der Waals surface area contributed by atoms with Gasteiger partial charge in [-0.15, -0.1) is 0 Å². The fraction of sp³-hybridized carbons (Fsp3) is 0.765. The van der Waals surface area contributed by atoms with Gasteiger partial charge in [0.25, 0.3) is 0 Å². The van der Waals surface area contributed by atoms with Gasteiger partial charge < -0.3 is 39.4 Å². The normalized spacial score (nSPS) is 20.3. The van der Waals surface area contributed by atoms with Crippen molar-refractivity contribution in [1.29, 1.82) is 0 Å². The van der Waals surface area contributed by atoms with Crippen LogP contribution in [0.1, 0.15) is 194 Å². The van der Waals surface area contributed by atoms with Crippen LogP contribution in [0.15, 0.2) is 60.8 Å². The number of carbonyl (C=O) groups is 2. The van der Waals surface area contributed by atoms with Crippen molar-refractivity contribution in [3.8, 4) is 0 Å². The quantitative estimate of drug-likeness (QED) is 0.0266. The van der Waals surface area contributed by atoms with Crippen LogP contribution in [0, 0.1) is 0 Å². The van der Waals surface area contributed by atoms with Gasteiger partial charge in [-0.1, -0.05) is 164 Å². The number of carbonyl (C=O) groups excluding carboxylic acids is 2. The van der Waals surface area contributed by atoms with Crippen LogP contribution in [0.3, 0.4) is 0 Å². The molecule has 0 saturated carbocycles. The highest BCUT2D eigenvalue weighted by atomic mass is 16.7. The molecular weight excluding hydrogens is 773 g/mol. The van der Waals surface area contributed by atoms with Gasteiger partial charge in [0, 0.05) is 12.8 Å². The van der Waals surface area contributed by atoms with E-state index in [9.17, 15) is 30.0 Å². The Hall–Kier alpha value is -2.60. The van der Waals surface area contributed by atoms with E-state index in [1.807, 2.05) is 0 Å². The molecule has 1 aliphatic heterocycles. The van der Waals surface area contributed by atoms with E-state index in [-0.39, 0.29) is 26.1 Å². The van der Waals surface area contributed by atoms with E-state index in [2.05, 4.69) is 74.6 Å². The molecule has 0 amide bonds. The molecule has 352 valence electrons. The van der Waals surface area contributed by atoms with Gasteiger partial charge in [0.05, 0.1) is 13.2 Å². The first kappa shape index (κ1) is 56.4. The molecule has 0 aromatic heterocycles. The first-order chi connectivity index (χ1) is 29.8. The van der Waals surface area contributed by atoms with Crippen LogP contribution >= 0.6 is 0 Å². The number of hydrogen-bond donors (Lipinski definition) is 4.